The van der Waals surface area contributed by atoms with Crippen molar-refractivity contribution in [1.29, 1.82) is 0 Å². The van der Waals surface area contributed by atoms with E-state index in [-0.39, 0.29) is 6.42 Å². The molecule has 0 heterocycles. The summed E-state index contributed by atoms with van der Waals surface area (Å²) >= 11 is 0. The molecule has 0 aromatic rings. The van der Waals surface area contributed by atoms with Crippen LogP contribution in [-0.4, -0.2) is 58.4 Å². The highest BCUT2D eigenvalue weighted by Crippen LogP contribution is 2.30. The third kappa shape index (κ3) is 2.47. The molecular weight excluding hydrogens is 226 g/mol. The largest absolute Gasteiger partial charge is 0.396 e. The van der Waals surface area contributed by atoms with Crippen LogP contribution in [0.1, 0.15) is 13.3 Å². The van der Waals surface area contributed by atoms with Crippen LogP contribution in [0.2, 0.25) is 0 Å². The summed E-state index contributed by atoms with van der Waals surface area (Å²) in [5.41, 5.74) is 3.77. The quantitative estimate of drug-likeness (QED) is 0.330. The van der Waals surface area contributed by atoms with E-state index in [0.717, 1.165) is 6.92 Å². The zero-order valence-electron chi connectivity index (χ0n) is 8.42. The van der Waals surface area contributed by atoms with Gasteiger partial charge in [-0.1, -0.05) is 0 Å². The second-order valence-corrected chi connectivity index (χ2v) is 5.50. The van der Waals surface area contributed by atoms with Crippen molar-refractivity contribution >= 4 is 10.1 Å². The third-order valence-corrected chi connectivity index (χ3v) is 4.44. The summed E-state index contributed by atoms with van der Waals surface area (Å²) in [7, 11) is -4.65. The van der Waals surface area contributed by atoms with E-state index >= 15 is 0 Å². The van der Waals surface area contributed by atoms with Gasteiger partial charge in [0.1, 0.15) is 4.75 Å². The Kier molecular flexibility index (Phi) is 4.65. The van der Waals surface area contributed by atoms with Crippen LogP contribution in [0, 0.1) is 0 Å². The molecule has 0 spiro atoms. The maximum atomic E-state index is 11.1. The predicted molar refractivity (Wildman–Crippen MR) is 52.7 cm³/mol. The minimum absolute atomic E-state index is 0.264. The molecule has 0 aromatic heterocycles. The van der Waals surface area contributed by atoms with Gasteiger partial charge in [0, 0.05) is 6.61 Å². The van der Waals surface area contributed by atoms with Gasteiger partial charge >= 0.3 is 0 Å². The standard InChI is InChI=1S/C7H17NO6S/c1-6(4-10,15(12,13)14)7(8,5-11)2-3-9/h9-11H,2-5,8H2,1H3,(H,12,13,14). The number of hydrogen-bond acceptors (Lipinski definition) is 6. The first-order valence-corrected chi connectivity index (χ1v) is 5.71. The van der Waals surface area contributed by atoms with Crippen LogP contribution in [-0.2, 0) is 10.1 Å². The van der Waals surface area contributed by atoms with E-state index in [2.05, 4.69) is 0 Å². The zero-order valence-corrected chi connectivity index (χ0v) is 9.24. The van der Waals surface area contributed by atoms with Gasteiger partial charge in [-0.25, -0.2) is 0 Å². The summed E-state index contributed by atoms with van der Waals surface area (Å²) in [5.74, 6) is 0. The fourth-order valence-corrected chi connectivity index (χ4v) is 2.05. The van der Waals surface area contributed by atoms with Gasteiger partial charge in [0.15, 0.2) is 0 Å². The van der Waals surface area contributed by atoms with Crippen molar-refractivity contribution in [3.63, 3.8) is 0 Å². The first kappa shape index (κ1) is 14.8. The molecular formula is C7H17NO6S. The number of hydrogen-bond donors (Lipinski definition) is 5. The predicted octanol–water partition coefficient (Wildman–Crippen LogP) is -2.30. The van der Waals surface area contributed by atoms with E-state index in [1.54, 1.807) is 0 Å². The molecule has 2 atom stereocenters. The van der Waals surface area contributed by atoms with E-state index in [1.165, 1.54) is 0 Å². The molecule has 15 heavy (non-hydrogen) atoms. The Bertz CT molecular complexity index is 305. The molecule has 0 aliphatic rings. The molecule has 0 rings (SSSR count). The average molecular weight is 243 g/mol. The Hall–Kier alpha value is -0.250. The summed E-state index contributed by atoms with van der Waals surface area (Å²) in [6.07, 6.45) is -0.264. The molecule has 0 radical (unpaired) electrons. The molecule has 0 aromatic carbocycles. The highest BCUT2D eigenvalue weighted by Gasteiger charge is 2.53. The second kappa shape index (κ2) is 4.73. The van der Waals surface area contributed by atoms with Crippen LogP contribution >= 0.6 is 0 Å². The summed E-state index contributed by atoms with van der Waals surface area (Å²) < 4.78 is 29.0. The van der Waals surface area contributed by atoms with Crippen molar-refractivity contribution in [2.45, 2.75) is 23.6 Å². The van der Waals surface area contributed by atoms with Crippen molar-refractivity contribution in [1.82, 2.24) is 0 Å². The lowest BCUT2D eigenvalue weighted by Gasteiger charge is -2.41. The van der Waals surface area contributed by atoms with Gasteiger partial charge in [-0.05, 0) is 13.3 Å². The highest BCUT2D eigenvalue weighted by molar-refractivity contribution is 7.87. The first-order chi connectivity index (χ1) is 6.68. The summed E-state index contributed by atoms with van der Waals surface area (Å²) in [5, 5.41) is 26.7. The first-order valence-electron chi connectivity index (χ1n) is 4.27. The monoisotopic (exact) mass is 243 g/mol. The van der Waals surface area contributed by atoms with Gasteiger partial charge < -0.3 is 21.1 Å². The lowest BCUT2D eigenvalue weighted by atomic mass is 9.83. The Labute approximate surface area is 88.3 Å². The number of aliphatic hydroxyl groups excluding tert-OH is 3. The Morgan fingerprint density at radius 1 is 1.20 bits per heavy atom. The van der Waals surface area contributed by atoms with E-state index in [0.29, 0.717) is 0 Å². The molecule has 0 bridgehead atoms. The van der Waals surface area contributed by atoms with Gasteiger partial charge in [-0.3, -0.25) is 4.55 Å². The highest BCUT2D eigenvalue weighted by atomic mass is 32.2. The van der Waals surface area contributed by atoms with Crippen LogP contribution < -0.4 is 5.73 Å². The van der Waals surface area contributed by atoms with Crippen molar-refractivity contribution < 1.29 is 28.3 Å². The average Bonchev–Trinajstić information content (AvgIpc) is 2.14. The zero-order chi connectivity index (χ0) is 12.3. The van der Waals surface area contributed by atoms with Crippen molar-refractivity contribution in [2.24, 2.45) is 5.73 Å². The molecule has 2 unspecified atom stereocenters. The Morgan fingerprint density at radius 2 is 1.67 bits per heavy atom. The van der Waals surface area contributed by atoms with E-state index in [1.807, 2.05) is 0 Å². The van der Waals surface area contributed by atoms with E-state index in [4.69, 9.17) is 25.6 Å². The van der Waals surface area contributed by atoms with Crippen LogP contribution in [0.5, 0.6) is 0 Å². The van der Waals surface area contributed by atoms with Gasteiger partial charge in [0.25, 0.3) is 10.1 Å². The summed E-state index contributed by atoms with van der Waals surface area (Å²) in [6.45, 7) is -1.20. The number of aliphatic hydroxyl groups is 3. The van der Waals surface area contributed by atoms with Gasteiger partial charge in [0.05, 0.1) is 18.8 Å². The maximum Gasteiger partial charge on any atom is 0.274 e. The molecule has 8 heteroatoms. The van der Waals surface area contributed by atoms with Crippen molar-refractivity contribution in [3.05, 3.63) is 0 Å². The Morgan fingerprint density at radius 3 is 1.87 bits per heavy atom. The number of rotatable bonds is 6. The fraction of sp³-hybridized carbons (Fsp3) is 1.00. The molecule has 7 nitrogen and oxygen atoms in total. The maximum absolute atomic E-state index is 11.1. The van der Waals surface area contributed by atoms with E-state index in [9.17, 15) is 8.42 Å². The fourth-order valence-electron chi connectivity index (χ4n) is 1.21. The summed E-state index contributed by atoms with van der Waals surface area (Å²) in [4.78, 5) is 0. The molecule has 6 N–H and O–H groups in total. The van der Waals surface area contributed by atoms with E-state index < -0.39 is 40.2 Å². The molecule has 92 valence electrons. The normalized spacial score (nSPS) is 20.7. The number of nitrogens with two attached hydrogens (primary N) is 1. The minimum atomic E-state index is -4.65. The third-order valence-electron chi connectivity index (χ3n) is 2.76. The second-order valence-electron chi connectivity index (χ2n) is 3.65. The lowest BCUT2D eigenvalue weighted by molar-refractivity contribution is 0.0898. The molecule has 0 saturated carbocycles. The van der Waals surface area contributed by atoms with Crippen molar-refractivity contribution in [2.75, 3.05) is 19.8 Å². The van der Waals surface area contributed by atoms with Crippen LogP contribution in [0.15, 0.2) is 0 Å². The smallest absolute Gasteiger partial charge is 0.274 e. The molecule has 0 aliphatic carbocycles. The molecule has 0 fully saturated rings. The summed E-state index contributed by atoms with van der Waals surface area (Å²) in [6, 6.07) is 0. The van der Waals surface area contributed by atoms with Crippen LogP contribution in [0.25, 0.3) is 0 Å². The molecule has 0 aliphatic heterocycles. The SMILES string of the molecule is CC(CO)(C(N)(CO)CCO)S(=O)(=O)O. The minimum Gasteiger partial charge on any atom is -0.396 e. The lowest BCUT2D eigenvalue weighted by Crippen LogP contribution is -2.67. The van der Waals surface area contributed by atoms with Crippen molar-refractivity contribution in [3.8, 4) is 0 Å². The van der Waals surface area contributed by atoms with Crippen LogP contribution in [0.4, 0.5) is 0 Å². The van der Waals surface area contributed by atoms with Crippen LogP contribution in [0.3, 0.4) is 0 Å². The topological polar surface area (TPSA) is 141 Å². The van der Waals surface area contributed by atoms with Gasteiger partial charge in [-0.2, -0.15) is 8.42 Å². The van der Waals surface area contributed by atoms with Gasteiger partial charge in [-0.15, -0.1) is 0 Å². The molecule has 0 saturated heterocycles. The Balaban J connectivity index is 5.43. The van der Waals surface area contributed by atoms with Gasteiger partial charge in [0.2, 0.25) is 0 Å². The molecule has 0 amide bonds.